The smallest absolute Gasteiger partial charge is 0.248 e. The predicted octanol–water partition coefficient (Wildman–Crippen LogP) is 3.93. The standard InChI is InChI=1S/C21H21NO3/c1-16-10-8-9-12-17(16)11-6-4-2-3-5-7-13-20(25)22-21-18(23)14-15-19(21)24/h2-13,23H,14-15H2,1H3,(H,22,25)/b4-2+,5-3+,11-6+,13-7+. The van der Waals surface area contributed by atoms with E-state index in [0.29, 0.717) is 6.42 Å². The van der Waals surface area contributed by atoms with Crippen LogP contribution >= 0.6 is 0 Å². The zero-order chi connectivity index (χ0) is 18.1. The molecule has 128 valence electrons. The molecule has 1 aliphatic carbocycles. The van der Waals surface area contributed by atoms with Crippen molar-refractivity contribution in [1.82, 2.24) is 5.32 Å². The molecular weight excluding hydrogens is 314 g/mol. The molecule has 1 aromatic rings. The van der Waals surface area contributed by atoms with Gasteiger partial charge in [0.2, 0.25) is 5.91 Å². The summed E-state index contributed by atoms with van der Waals surface area (Å²) in [5.41, 5.74) is 2.41. The van der Waals surface area contributed by atoms with E-state index in [1.165, 1.54) is 17.2 Å². The fourth-order valence-electron chi connectivity index (χ4n) is 2.28. The van der Waals surface area contributed by atoms with Crippen molar-refractivity contribution in [1.29, 1.82) is 0 Å². The van der Waals surface area contributed by atoms with Gasteiger partial charge < -0.3 is 10.4 Å². The molecule has 0 fully saturated rings. The fourth-order valence-corrected chi connectivity index (χ4v) is 2.28. The molecule has 1 aromatic carbocycles. The average molecular weight is 335 g/mol. The number of carbonyl (C=O) groups excluding carboxylic acids is 2. The van der Waals surface area contributed by atoms with Crippen LogP contribution in [0, 0.1) is 6.92 Å². The number of Topliss-reactive ketones (excluding diaryl/α,β-unsaturated/α-hetero) is 1. The Labute approximate surface area is 147 Å². The summed E-state index contributed by atoms with van der Waals surface area (Å²) in [6.07, 6.45) is 14.6. The third-order valence-electron chi connectivity index (χ3n) is 3.67. The van der Waals surface area contributed by atoms with Crippen LogP contribution in [0.25, 0.3) is 6.08 Å². The van der Waals surface area contributed by atoms with Crippen LogP contribution in [0.4, 0.5) is 0 Å². The third kappa shape index (κ3) is 5.77. The van der Waals surface area contributed by atoms with Crippen molar-refractivity contribution in [3.8, 4) is 0 Å². The predicted molar refractivity (Wildman–Crippen MR) is 99.7 cm³/mol. The lowest BCUT2D eigenvalue weighted by atomic mass is 10.1. The Balaban J connectivity index is 1.78. The number of rotatable bonds is 6. The van der Waals surface area contributed by atoms with E-state index in [1.807, 2.05) is 36.4 Å². The first-order valence-corrected chi connectivity index (χ1v) is 8.08. The molecule has 0 unspecified atom stereocenters. The van der Waals surface area contributed by atoms with Crippen molar-refractivity contribution in [2.75, 3.05) is 0 Å². The molecule has 0 spiro atoms. The van der Waals surface area contributed by atoms with Crippen LogP contribution < -0.4 is 5.32 Å². The Morgan fingerprint density at radius 2 is 1.72 bits per heavy atom. The van der Waals surface area contributed by atoms with Crippen LogP contribution in [0.2, 0.25) is 0 Å². The lowest BCUT2D eigenvalue weighted by molar-refractivity contribution is -0.119. The molecule has 4 nitrogen and oxygen atoms in total. The van der Waals surface area contributed by atoms with Gasteiger partial charge in [-0.25, -0.2) is 0 Å². The Morgan fingerprint density at radius 1 is 1.04 bits per heavy atom. The molecule has 0 atom stereocenters. The van der Waals surface area contributed by atoms with E-state index in [1.54, 1.807) is 18.2 Å². The Morgan fingerprint density at radius 3 is 2.40 bits per heavy atom. The van der Waals surface area contributed by atoms with Gasteiger partial charge in [0.1, 0.15) is 11.5 Å². The van der Waals surface area contributed by atoms with Gasteiger partial charge in [0.25, 0.3) is 0 Å². The molecule has 2 N–H and O–H groups in total. The molecule has 0 aromatic heterocycles. The number of benzene rings is 1. The minimum Gasteiger partial charge on any atom is -0.510 e. The molecule has 0 radical (unpaired) electrons. The van der Waals surface area contributed by atoms with Crippen LogP contribution in [0.3, 0.4) is 0 Å². The Kier molecular flexibility index (Phi) is 6.72. The van der Waals surface area contributed by atoms with E-state index < -0.39 is 5.91 Å². The zero-order valence-corrected chi connectivity index (χ0v) is 14.1. The molecule has 25 heavy (non-hydrogen) atoms. The van der Waals surface area contributed by atoms with Crippen molar-refractivity contribution in [3.63, 3.8) is 0 Å². The maximum Gasteiger partial charge on any atom is 0.248 e. The van der Waals surface area contributed by atoms with E-state index in [2.05, 4.69) is 24.4 Å². The van der Waals surface area contributed by atoms with Gasteiger partial charge in [-0.05, 0) is 18.1 Å². The summed E-state index contributed by atoms with van der Waals surface area (Å²) < 4.78 is 0. The number of amides is 1. The first kappa shape index (κ1) is 18.2. The normalized spacial score (nSPS) is 15.5. The van der Waals surface area contributed by atoms with Gasteiger partial charge in [-0.3, -0.25) is 9.59 Å². The van der Waals surface area contributed by atoms with Crippen molar-refractivity contribution < 1.29 is 14.7 Å². The van der Waals surface area contributed by atoms with Crippen LogP contribution in [0.5, 0.6) is 0 Å². The highest BCUT2D eigenvalue weighted by Crippen LogP contribution is 2.17. The number of nitrogens with one attached hydrogen (secondary N) is 1. The van der Waals surface area contributed by atoms with Crippen LogP contribution in [-0.4, -0.2) is 16.8 Å². The van der Waals surface area contributed by atoms with Crippen LogP contribution in [0.15, 0.2) is 78.3 Å². The van der Waals surface area contributed by atoms with Gasteiger partial charge in [0, 0.05) is 18.9 Å². The monoisotopic (exact) mass is 335 g/mol. The second kappa shape index (κ2) is 9.23. The van der Waals surface area contributed by atoms with Gasteiger partial charge >= 0.3 is 0 Å². The van der Waals surface area contributed by atoms with Gasteiger partial charge in [-0.15, -0.1) is 0 Å². The van der Waals surface area contributed by atoms with Crippen LogP contribution in [0.1, 0.15) is 24.0 Å². The Hall–Kier alpha value is -3.14. The number of carbonyl (C=O) groups is 2. The zero-order valence-electron chi connectivity index (χ0n) is 14.1. The summed E-state index contributed by atoms with van der Waals surface area (Å²) in [6, 6.07) is 8.13. The molecule has 1 amide bonds. The first-order valence-electron chi connectivity index (χ1n) is 8.08. The minimum absolute atomic E-state index is 0.0138. The summed E-state index contributed by atoms with van der Waals surface area (Å²) in [5, 5.41) is 11.9. The Bertz CT molecular complexity index is 795. The molecule has 0 saturated carbocycles. The molecular formula is C21H21NO3. The van der Waals surface area contributed by atoms with Gasteiger partial charge in [-0.2, -0.15) is 0 Å². The van der Waals surface area contributed by atoms with E-state index >= 15 is 0 Å². The number of hydrogen-bond donors (Lipinski definition) is 2. The van der Waals surface area contributed by atoms with Crippen molar-refractivity contribution >= 4 is 17.8 Å². The molecule has 0 bridgehead atoms. The summed E-state index contributed by atoms with van der Waals surface area (Å²) in [6.45, 7) is 2.06. The van der Waals surface area contributed by atoms with Gasteiger partial charge in [0.15, 0.2) is 5.78 Å². The maximum absolute atomic E-state index is 11.7. The number of hydrogen-bond acceptors (Lipinski definition) is 3. The average Bonchev–Trinajstić information content (AvgIpc) is 2.90. The fraction of sp³-hybridized carbons (Fsp3) is 0.143. The SMILES string of the molecule is Cc1ccccc1/C=C/C=C/C=C/C=C/C(=O)NC1=C(O)CCC1=O. The van der Waals surface area contributed by atoms with E-state index in [4.69, 9.17) is 0 Å². The number of allylic oxidation sites excluding steroid dienone is 8. The van der Waals surface area contributed by atoms with Crippen molar-refractivity contribution in [2.45, 2.75) is 19.8 Å². The lowest BCUT2D eigenvalue weighted by Crippen LogP contribution is -2.24. The quantitative estimate of drug-likeness (QED) is 0.611. The highest BCUT2D eigenvalue weighted by Gasteiger charge is 2.23. The largest absolute Gasteiger partial charge is 0.510 e. The highest BCUT2D eigenvalue weighted by atomic mass is 16.3. The number of aliphatic hydroxyl groups is 1. The van der Waals surface area contributed by atoms with E-state index in [-0.39, 0.29) is 23.7 Å². The van der Waals surface area contributed by atoms with Gasteiger partial charge in [0.05, 0.1) is 0 Å². The molecule has 1 aliphatic rings. The molecule has 4 heteroatoms. The number of aryl methyl sites for hydroxylation is 1. The molecule has 0 heterocycles. The van der Waals surface area contributed by atoms with Crippen LogP contribution in [-0.2, 0) is 9.59 Å². The van der Waals surface area contributed by atoms with E-state index in [0.717, 1.165) is 0 Å². The summed E-state index contributed by atoms with van der Waals surface area (Å²) >= 11 is 0. The topological polar surface area (TPSA) is 66.4 Å². The first-order chi connectivity index (χ1) is 12.1. The minimum atomic E-state index is -0.440. The molecule has 0 saturated heterocycles. The van der Waals surface area contributed by atoms with Gasteiger partial charge in [-0.1, -0.05) is 66.8 Å². The summed E-state index contributed by atoms with van der Waals surface area (Å²) in [5.74, 6) is -0.728. The highest BCUT2D eigenvalue weighted by molar-refractivity contribution is 6.03. The number of aliphatic hydroxyl groups excluding tert-OH is 1. The molecule has 2 rings (SSSR count). The summed E-state index contributed by atoms with van der Waals surface area (Å²) in [7, 11) is 0. The van der Waals surface area contributed by atoms with E-state index in [9.17, 15) is 14.7 Å². The molecule has 0 aliphatic heterocycles. The maximum atomic E-state index is 11.7. The summed E-state index contributed by atoms with van der Waals surface area (Å²) in [4.78, 5) is 23.1. The second-order valence-electron chi connectivity index (χ2n) is 5.58. The van der Waals surface area contributed by atoms with Crippen molar-refractivity contribution in [3.05, 3.63) is 89.4 Å². The number of ketones is 1. The second-order valence-corrected chi connectivity index (χ2v) is 5.58. The van der Waals surface area contributed by atoms with Crippen molar-refractivity contribution in [2.24, 2.45) is 0 Å². The lowest BCUT2D eigenvalue weighted by Gasteiger charge is -2.01. The third-order valence-corrected chi connectivity index (χ3v) is 3.67.